The lowest BCUT2D eigenvalue weighted by molar-refractivity contribution is 0.632. The summed E-state index contributed by atoms with van der Waals surface area (Å²) in [6.45, 7) is 6.09. The van der Waals surface area contributed by atoms with Crippen LogP contribution in [-0.2, 0) is 0 Å². The van der Waals surface area contributed by atoms with Crippen molar-refractivity contribution < 1.29 is 4.39 Å². The Morgan fingerprint density at radius 1 is 1.33 bits per heavy atom. The first-order valence-electron chi connectivity index (χ1n) is 5.92. The molecule has 0 aliphatic rings. The third-order valence-electron chi connectivity index (χ3n) is 3.07. The van der Waals surface area contributed by atoms with Crippen molar-refractivity contribution in [3.63, 3.8) is 0 Å². The highest BCUT2D eigenvalue weighted by atomic mass is 79.9. The Labute approximate surface area is 115 Å². The summed E-state index contributed by atoms with van der Waals surface area (Å²) >= 11 is 3.25. The Balaban J connectivity index is 2.87. The highest BCUT2D eigenvalue weighted by Crippen LogP contribution is 2.32. The minimum atomic E-state index is -0.243. The number of benzene rings is 1. The number of nitrogens with one attached hydrogen (secondary N) is 1. The fraction of sp³-hybridized carbons (Fsp3) is 0.357. The molecule has 0 aliphatic carbocycles. The lowest BCUT2D eigenvalue weighted by Gasteiger charge is -2.14. The van der Waals surface area contributed by atoms with Crippen LogP contribution in [0.3, 0.4) is 0 Å². The Morgan fingerprint density at radius 2 is 2.00 bits per heavy atom. The molecule has 1 N–H and O–H groups in total. The maximum absolute atomic E-state index is 14.2. The Morgan fingerprint density at radius 3 is 2.56 bits per heavy atom. The van der Waals surface area contributed by atoms with Crippen molar-refractivity contribution in [2.75, 3.05) is 12.4 Å². The fourth-order valence-corrected chi connectivity index (χ4v) is 2.64. The molecule has 96 valence electrons. The van der Waals surface area contributed by atoms with E-state index in [0.29, 0.717) is 21.3 Å². The molecule has 1 heterocycles. The van der Waals surface area contributed by atoms with Crippen LogP contribution < -0.4 is 5.32 Å². The van der Waals surface area contributed by atoms with Crippen LogP contribution >= 0.6 is 15.9 Å². The van der Waals surface area contributed by atoms with Gasteiger partial charge in [0, 0.05) is 12.4 Å². The van der Waals surface area contributed by atoms with Gasteiger partial charge >= 0.3 is 0 Å². The van der Waals surface area contributed by atoms with Crippen LogP contribution in [-0.4, -0.2) is 12.0 Å². The monoisotopic (exact) mass is 310 g/mol. The highest BCUT2D eigenvalue weighted by molar-refractivity contribution is 9.10. The lowest BCUT2D eigenvalue weighted by Crippen LogP contribution is -2.02. The van der Waals surface area contributed by atoms with Crippen LogP contribution in [0.4, 0.5) is 10.2 Å². The molecule has 1 aromatic carbocycles. The molecule has 0 saturated carbocycles. The van der Waals surface area contributed by atoms with E-state index in [-0.39, 0.29) is 5.82 Å². The van der Waals surface area contributed by atoms with Gasteiger partial charge in [-0.2, -0.15) is 0 Å². The number of anilines is 1. The number of rotatable bonds is 2. The molecular weight excluding hydrogens is 295 g/mol. The van der Waals surface area contributed by atoms with Gasteiger partial charge in [-0.15, -0.1) is 0 Å². The molecule has 2 aromatic rings. The molecule has 0 amide bonds. The fourth-order valence-electron chi connectivity index (χ4n) is 2.09. The molecule has 0 atom stereocenters. The van der Waals surface area contributed by atoms with Crippen LogP contribution in [0.2, 0.25) is 0 Å². The van der Waals surface area contributed by atoms with Gasteiger partial charge in [-0.05, 0) is 52.0 Å². The van der Waals surface area contributed by atoms with E-state index in [0.717, 1.165) is 16.9 Å². The Bertz CT molecular complexity index is 609. The first kappa shape index (κ1) is 13.3. The standard InChI is InChI=1S/C14H16BrFN2/c1-7(2)9-6-10-12(16)11(15)5-8(3)13(10)18-14(9)17-4/h5-7H,1-4H3,(H,17,18). The molecule has 0 saturated heterocycles. The molecule has 2 rings (SSSR count). The van der Waals surface area contributed by atoms with E-state index in [1.807, 2.05) is 20.0 Å². The van der Waals surface area contributed by atoms with Crippen molar-refractivity contribution in [1.82, 2.24) is 4.98 Å². The van der Waals surface area contributed by atoms with Gasteiger partial charge in [0.15, 0.2) is 0 Å². The molecule has 4 heteroatoms. The summed E-state index contributed by atoms with van der Waals surface area (Å²) in [5.41, 5.74) is 2.70. The predicted molar refractivity (Wildman–Crippen MR) is 77.8 cm³/mol. The lowest BCUT2D eigenvalue weighted by atomic mass is 10.0. The SMILES string of the molecule is CNc1nc2c(C)cc(Br)c(F)c2cc1C(C)C. The van der Waals surface area contributed by atoms with E-state index < -0.39 is 0 Å². The zero-order chi connectivity index (χ0) is 13.4. The number of aromatic nitrogens is 1. The van der Waals surface area contributed by atoms with Crippen molar-refractivity contribution in [3.8, 4) is 0 Å². The van der Waals surface area contributed by atoms with Gasteiger partial charge in [-0.3, -0.25) is 0 Å². The third kappa shape index (κ3) is 2.09. The number of hydrogen-bond acceptors (Lipinski definition) is 2. The van der Waals surface area contributed by atoms with Crippen molar-refractivity contribution in [1.29, 1.82) is 0 Å². The molecule has 0 radical (unpaired) electrons. The summed E-state index contributed by atoms with van der Waals surface area (Å²) < 4.78 is 14.6. The van der Waals surface area contributed by atoms with Crippen LogP contribution in [0.1, 0.15) is 30.9 Å². The molecule has 0 aliphatic heterocycles. The van der Waals surface area contributed by atoms with E-state index in [9.17, 15) is 4.39 Å². The van der Waals surface area contributed by atoms with Crippen LogP contribution in [0.15, 0.2) is 16.6 Å². The molecular formula is C14H16BrFN2. The third-order valence-corrected chi connectivity index (χ3v) is 3.65. The number of fused-ring (bicyclic) bond motifs is 1. The summed E-state index contributed by atoms with van der Waals surface area (Å²) in [6, 6.07) is 3.66. The molecule has 0 unspecified atom stereocenters. The highest BCUT2D eigenvalue weighted by Gasteiger charge is 2.15. The smallest absolute Gasteiger partial charge is 0.146 e. The largest absolute Gasteiger partial charge is 0.373 e. The summed E-state index contributed by atoms with van der Waals surface area (Å²) in [5, 5.41) is 3.66. The zero-order valence-electron chi connectivity index (χ0n) is 10.9. The summed E-state index contributed by atoms with van der Waals surface area (Å²) in [5.74, 6) is 0.873. The van der Waals surface area contributed by atoms with Gasteiger partial charge in [0.25, 0.3) is 0 Å². The molecule has 0 spiro atoms. The number of aryl methyl sites for hydroxylation is 1. The van der Waals surface area contributed by atoms with Crippen molar-refractivity contribution >= 4 is 32.7 Å². The maximum atomic E-state index is 14.2. The van der Waals surface area contributed by atoms with Gasteiger partial charge in [0.2, 0.25) is 0 Å². The van der Waals surface area contributed by atoms with Gasteiger partial charge in [0.05, 0.1) is 9.99 Å². The second-order valence-corrected chi connectivity index (χ2v) is 5.57. The van der Waals surface area contributed by atoms with Crippen molar-refractivity contribution in [3.05, 3.63) is 33.5 Å². The normalized spacial score (nSPS) is 11.3. The molecule has 18 heavy (non-hydrogen) atoms. The van der Waals surface area contributed by atoms with E-state index in [1.165, 1.54) is 0 Å². The number of halogens is 2. The van der Waals surface area contributed by atoms with Gasteiger partial charge in [-0.25, -0.2) is 9.37 Å². The second-order valence-electron chi connectivity index (χ2n) is 4.72. The molecule has 2 nitrogen and oxygen atoms in total. The predicted octanol–water partition coefficient (Wildman–Crippen LogP) is 4.61. The average Bonchev–Trinajstić information content (AvgIpc) is 2.34. The minimum Gasteiger partial charge on any atom is -0.373 e. The average molecular weight is 311 g/mol. The van der Waals surface area contributed by atoms with E-state index in [1.54, 1.807) is 6.07 Å². The second kappa shape index (κ2) is 4.84. The Kier molecular flexibility index (Phi) is 3.57. The molecule has 1 aromatic heterocycles. The quantitative estimate of drug-likeness (QED) is 0.876. The minimum absolute atomic E-state index is 0.243. The van der Waals surface area contributed by atoms with Crippen molar-refractivity contribution in [2.45, 2.75) is 26.7 Å². The van der Waals surface area contributed by atoms with Gasteiger partial charge in [-0.1, -0.05) is 13.8 Å². The molecule has 0 bridgehead atoms. The first-order chi connectivity index (χ1) is 8.45. The number of hydrogen-bond donors (Lipinski definition) is 1. The van der Waals surface area contributed by atoms with Crippen molar-refractivity contribution in [2.24, 2.45) is 0 Å². The maximum Gasteiger partial charge on any atom is 0.146 e. The number of pyridine rings is 1. The van der Waals surface area contributed by atoms with Gasteiger partial charge in [0.1, 0.15) is 11.6 Å². The van der Waals surface area contributed by atoms with E-state index >= 15 is 0 Å². The van der Waals surface area contributed by atoms with E-state index in [4.69, 9.17) is 0 Å². The molecule has 0 fully saturated rings. The van der Waals surface area contributed by atoms with Crippen LogP contribution in [0, 0.1) is 12.7 Å². The number of nitrogens with zero attached hydrogens (tertiary/aromatic N) is 1. The summed E-state index contributed by atoms with van der Waals surface area (Å²) in [6.07, 6.45) is 0. The Hall–Kier alpha value is -1.16. The zero-order valence-corrected chi connectivity index (χ0v) is 12.5. The van der Waals surface area contributed by atoms with Gasteiger partial charge < -0.3 is 5.32 Å². The van der Waals surface area contributed by atoms with E-state index in [2.05, 4.69) is 40.1 Å². The summed E-state index contributed by atoms with van der Waals surface area (Å²) in [4.78, 5) is 4.54. The van der Waals surface area contributed by atoms with Crippen LogP contribution in [0.5, 0.6) is 0 Å². The topological polar surface area (TPSA) is 24.9 Å². The summed E-state index contributed by atoms with van der Waals surface area (Å²) in [7, 11) is 1.84. The first-order valence-corrected chi connectivity index (χ1v) is 6.72. The van der Waals surface area contributed by atoms with Crippen LogP contribution in [0.25, 0.3) is 10.9 Å².